The zero-order valence-electron chi connectivity index (χ0n) is 13.8. The third-order valence-corrected chi connectivity index (χ3v) is 4.34. The fourth-order valence-corrected chi connectivity index (χ4v) is 2.91. The molecule has 24 heavy (non-hydrogen) atoms. The van der Waals surface area contributed by atoms with E-state index in [1.165, 1.54) is 0 Å². The summed E-state index contributed by atoms with van der Waals surface area (Å²) >= 11 is 0. The fraction of sp³-hybridized carbons (Fsp3) is 0.471. The number of rotatable bonds is 7. The lowest BCUT2D eigenvalue weighted by molar-refractivity contribution is -0.128. The quantitative estimate of drug-likeness (QED) is 0.789. The van der Waals surface area contributed by atoms with E-state index in [0.29, 0.717) is 19.5 Å². The van der Waals surface area contributed by atoms with Gasteiger partial charge in [0.1, 0.15) is 0 Å². The van der Waals surface area contributed by atoms with Crippen LogP contribution in [0.1, 0.15) is 31.4 Å². The number of nitrogens with one attached hydrogen (secondary N) is 1. The van der Waals surface area contributed by atoms with E-state index in [1.807, 2.05) is 24.3 Å². The molecule has 1 saturated heterocycles. The molecule has 0 radical (unpaired) electrons. The number of likely N-dealkylation sites (tertiary alicyclic amines) is 1. The number of carbonyl (C=O) groups is 1. The first-order valence-electron chi connectivity index (χ1n) is 8.29. The van der Waals surface area contributed by atoms with Crippen molar-refractivity contribution in [3.8, 4) is 5.69 Å². The molecule has 2 atom stereocenters. The van der Waals surface area contributed by atoms with E-state index >= 15 is 0 Å². The Hall–Kier alpha value is -2.25. The Morgan fingerprint density at radius 1 is 1.33 bits per heavy atom. The summed E-state index contributed by atoms with van der Waals surface area (Å²) in [7, 11) is 0. The third-order valence-electron chi connectivity index (χ3n) is 4.34. The Bertz CT molecular complexity index is 656. The second kappa shape index (κ2) is 7.55. The van der Waals surface area contributed by atoms with Crippen LogP contribution in [-0.4, -0.2) is 56.6 Å². The summed E-state index contributed by atoms with van der Waals surface area (Å²) in [6.07, 6.45) is 4.39. The Kier molecular flexibility index (Phi) is 5.22. The highest BCUT2D eigenvalue weighted by molar-refractivity contribution is 5.78. The molecule has 0 saturated carbocycles. The van der Waals surface area contributed by atoms with Crippen LogP contribution in [0.4, 0.5) is 0 Å². The summed E-state index contributed by atoms with van der Waals surface area (Å²) in [6.45, 7) is 3.67. The normalized spacial score (nSPS) is 17.2. The van der Waals surface area contributed by atoms with Crippen LogP contribution in [0.15, 0.2) is 36.7 Å². The van der Waals surface area contributed by atoms with E-state index in [4.69, 9.17) is 0 Å². The van der Waals surface area contributed by atoms with Crippen LogP contribution in [0.25, 0.3) is 5.69 Å². The Morgan fingerprint density at radius 2 is 2.12 bits per heavy atom. The molecule has 3 rings (SSSR count). The standard InChI is InChI=1S/C17H23N5O2/c1-13(18-11-16(23)12-21-9-2-3-17(21)24)14-4-6-15(7-5-14)22-10-8-19-20-22/h4-8,10,13,16,18,23H,2-3,9,11-12H2,1H3. The lowest BCUT2D eigenvalue weighted by atomic mass is 10.1. The minimum atomic E-state index is -0.552. The van der Waals surface area contributed by atoms with Crippen LogP contribution in [0.5, 0.6) is 0 Å². The number of nitrogens with zero attached hydrogens (tertiary/aromatic N) is 4. The largest absolute Gasteiger partial charge is 0.390 e. The molecule has 0 bridgehead atoms. The Balaban J connectivity index is 1.49. The van der Waals surface area contributed by atoms with Crippen molar-refractivity contribution in [2.75, 3.05) is 19.6 Å². The number of amides is 1. The third kappa shape index (κ3) is 3.98. The average Bonchev–Trinajstić information content (AvgIpc) is 3.25. The molecule has 2 aromatic rings. The predicted molar refractivity (Wildman–Crippen MR) is 89.6 cm³/mol. The minimum Gasteiger partial charge on any atom is -0.390 e. The number of carbonyl (C=O) groups excluding carboxylic acids is 1. The number of benzene rings is 1. The summed E-state index contributed by atoms with van der Waals surface area (Å²) in [5, 5.41) is 21.2. The van der Waals surface area contributed by atoms with E-state index in [-0.39, 0.29) is 11.9 Å². The molecule has 128 valence electrons. The summed E-state index contributed by atoms with van der Waals surface area (Å²) < 4.78 is 1.71. The SMILES string of the molecule is CC(NCC(O)CN1CCCC1=O)c1ccc(-n2ccnn2)cc1. The van der Waals surface area contributed by atoms with Gasteiger partial charge in [-0.1, -0.05) is 17.3 Å². The molecule has 0 aliphatic carbocycles. The van der Waals surface area contributed by atoms with Gasteiger partial charge in [-0.05, 0) is 31.0 Å². The zero-order valence-corrected chi connectivity index (χ0v) is 13.8. The van der Waals surface area contributed by atoms with E-state index in [9.17, 15) is 9.90 Å². The van der Waals surface area contributed by atoms with Gasteiger partial charge in [0.25, 0.3) is 0 Å². The molecular formula is C17H23N5O2. The second-order valence-electron chi connectivity index (χ2n) is 6.17. The fourth-order valence-electron chi connectivity index (χ4n) is 2.91. The average molecular weight is 329 g/mol. The monoisotopic (exact) mass is 329 g/mol. The maximum Gasteiger partial charge on any atom is 0.222 e. The number of aliphatic hydroxyl groups excluding tert-OH is 1. The number of β-amino-alcohol motifs (C(OH)–C–C–N with tert-alkyl or cyclic N) is 1. The lowest BCUT2D eigenvalue weighted by Crippen LogP contribution is -2.39. The van der Waals surface area contributed by atoms with Crippen molar-refractivity contribution in [1.82, 2.24) is 25.2 Å². The van der Waals surface area contributed by atoms with Gasteiger partial charge in [0.05, 0.1) is 24.2 Å². The van der Waals surface area contributed by atoms with Crippen molar-refractivity contribution < 1.29 is 9.90 Å². The first-order chi connectivity index (χ1) is 11.6. The highest BCUT2D eigenvalue weighted by Crippen LogP contribution is 2.15. The summed E-state index contributed by atoms with van der Waals surface area (Å²) in [5.74, 6) is 0.144. The van der Waals surface area contributed by atoms with Gasteiger partial charge in [0, 0.05) is 32.1 Å². The molecular weight excluding hydrogens is 306 g/mol. The topological polar surface area (TPSA) is 83.3 Å². The van der Waals surface area contributed by atoms with Gasteiger partial charge in [-0.15, -0.1) is 5.10 Å². The van der Waals surface area contributed by atoms with Crippen LogP contribution in [0.2, 0.25) is 0 Å². The van der Waals surface area contributed by atoms with E-state index < -0.39 is 6.10 Å². The van der Waals surface area contributed by atoms with E-state index in [1.54, 1.807) is 22.0 Å². The van der Waals surface area contributed by atoms with Gasteiger partial charge in [0.15, 0.2) is 0 Å². The molecule has 1 amide bonds. The lowest BCUT2D eigenvalue weighted by Gasteiger charge is -2.22. The van der Waals surface area contributed by atoms with E-state index in [2.05, 4.69) is 22.6 Å². The van der Waals surface area contributed by atoms with Crippen molar-refractivity contribution in [3.63, 3.8) is 0 Å². The van der Waals surface area contributed by atoms with Crippen LogP contribution in [0.3, 0.4) is 0 Å². The maximum absolute atomic E-state index is 11.6. The predicted octanol–water partition coefficient (Wildman–Crippen LogP) is 0.901. The minimum absolute atomic E-state index is 0.110. The van der Waals surface area contributed by atoms with Gasteiger partial charge in [-0.3, -0.25) is 4.79 Å². The molecule has 2 unspecified atom stereocenters. The second-order valence-corrected chi connectivity index (χ2v) is 6.17. The van der Waals surface area contributed by atoms with Crippen LogP contribution in [0, 0.1) is 0 Å². The molecule has 7 heteroatoms. The molecule has 1 fully saturated rings. The molecule has 2 heterocycles. The van der Waals surface area contributed by atoms with Gasteiger partial charge >= 0.3 is 0 Å². The summed E-state index contributed by atoms with van der Waals surface area (Å²) in [5.41, 5.74) is 2.08. The number of hydrogen-bond donors (Lipinski definition) is 2. The molecule has 0 spiro atoms. The summed E-state index contributed by atoms with van der Waals surface area (Å²) in [6, 6.07) is 8.15. The van der Waals surface area contributed by atoms with Crippen molar-refractivity contribution in [3.05, 3.63) is 42.2 Å². The highest BCUT2D eigenvalue weighted by atomic mass is 16.3. The molecule has 2 N–H and O–H groups in total. The zero-order chi connectivity index (χ0) is 16.9. The number of aliphatic hydroxyl groups is 1. The molecule has 1 aliphatic rings. The molecule has 1 aliphatic heterocycles. The smallest absolute Gasteiger partial charge is 0.222 e. The number of hydrogen-bond acceptors (Lipinski definition) is 5. The molecule has 7 nitrogen and oxygen atoms in total. The van der Waals surface area contributed by atoms with Crippen LogP contribution in [-0.2, 0) is 4.79 Å². The maximum atomic E-state index is 11.6. The van der Waals surface area contributed by atoms with E-state index in [0.717, 1.165) is 24.2 Å². The van der Waals surface area contributed by atoms with Gasteiger partial charge in [0.2, 0.25) is 5.91 Å². The van der Waals surface area contributed by atoms with Gasteiger partial charge < -0.3 is 15.3 Å². The Labute approximate surface area is 141 Å². The molecule has 1 aromatic carbocycles. The van der Waals surface area contributed by atoms with Crippen molar-refractivity contribution in [2.45, 2.75) is 31.9 Å². The first kappa shape index (κ1) is 16.6. The van der Waals surface area contributed by atoms with Crippen LogP contribution >= 0.6 is 0 Å². The molecule has 1 aromatic heterocycles. The van der Waals surface area contributed by atoms with Crippen molar-refractivity contribution in [2.24, 2.45) is 0 Å². The van der Waals surface area contributed by atoms with Crippen molar-refractivity contribution >= 4 is 5.91 Å². The summed E-state index contributed by atoms with van der Waals surface area (Å²) in [4.78, 5) is 13.3. The van der Waals surface area contributed by atoms with Gasteiger partial charge in [-0.25, -0.2) is 4.68 Å². The van der Waals surface area contributed by atoms with Crippen molar-refractivity contribution in [1.29, 1.82) is 0 Å². The van der Waals surface area contributed by atoms with Gasteiger partial charge in [-0.2, -0.15) is 0 Å². The Morgan fingerprint density at radius 3 is 2.75 bits per heavy atom. The van der Waals surface area contributed by atoms with Crippen LogP contribution < -0.4 is 5.32 Å². The highest BCUT2D eigenvalue weighted by Gasteiger charge is 2.22. The number of aromatic nitrogens is 3. The first-order valence-corrected chi connectivity index (χ1v) is 8.29.